The van der Waals surface area contributed by atoms with E-state index in [9.17, 15) is 9.59 Å². The largest absolute Gasteiger partial charge is 0.488 e. The summed E-state index contributed by atoms with van der Waals surface area (Å²) in [5.74, 6) is 1.28. The first-order valence-corrected chi connectivity index (χ1v) is 9.60. The first-order valence-electron chi connectivity index (χ1n) is 9.22. The summed E-state index contributed by atoms with van der Waals surface area (Å²) in [4.78, 5) is 24.1. The van der Waals surface area contributed by atoms with Gasteiger partial charge in [-0.25, -0.2) is 4.79 Å². The van der Waals surface area contributed by atoms with Crippen LogP contribution in [0.15, 0.2) is 33.5 Å². The van der Waals surface area contributed by atoms with Crippen molar-refractivity contribution in [2.75, 3.05) is 13.9 Å². The van der Waals surface area contributed by atoms with Crippen molar-refractivity contribution in [1.29, 1.82) is 0 Å². The van der Waals surface area contributed by atoms with Crippen LogP contribution in [0.1, 0.15) is 22.3 Å². The molecular formula is C22H19ClO7. The average Bonchev–Trinajstić information content (AvgIpc) is 3.17. The molecule has 2 heterocycles. The number of halogens is 1. The minimum atomic E-state index is -0.565. The minimum absolute atomic E-state index is 0.138. The van der Waals surface area contributed by atoms with Crippen molar-refractivity contribution in [3.8, 4) is 17.2 Å². The van der Waals surface area contributed by atoms with Gasteiger partial charge in [0.25, 0.3) is 0 Å². The number of fused-ring (bicyclic) bond motifs is 2. The summed E-state index contributed by atoms with van der Waals surface area (Å²) in [6.07, 6.45) is -0.138. The summed E-state index contributed by atoms with van der Waals surface area (Å²) in [6, 6.07) is 7.08. The first kappa shape index (κ1) is 20.1. The predicted molar refractivity (Wildman–Crippen MR) is 110 cm³/mol. The molecule has 0 atom stereocenters. The molecule has 0 saturated heterocycles. The highest BCUT2D eigenvalue weighted by Crippen LogP contribution is 2.37. The Morgan fingerprint density at radius 3 is 2.60 bits per heavy atom. The molecule has 30 heavy (non-hydrogen) atoms. The van der Waals surface area contributed by atoms with Crippen LogP contribution in [0.4, 0.5) is 0 Å². The molecule has 1 aromatic heterocycles. The van der Waals surface area contributed by atoms with E-state index in [2.05, 4.69) is 4.74 Å². The molecule has 0 aliphatic carbocycles. The third-order valence-corrected chi connectivity index (χ3v) is 5.48. The van der Waals surface area contributed by atoms with Gasteiger partial charge in [-0.05, 0) is 37.6 Å². The maximum absolute atomic E-state index is 12.4. The standard InChI is InChI=1S/C22H19ClO7/c1-11-14-4-5-17(12(2)21(14)30-22(25)15(11)7-20(24)26-3)27-9-13-6-18-19(8-16(13)23)29-10-28-18/h4-6,8H,7,9-10H2,1-3H3. The van der Waals surface area contributed by atoms with Crippen LogP contribution >= 0.6 is 11.6 Å². The number of ether oxygens (including phenoxy) is 4. The van der Waals surface area contributed by atoms with Crippen LogP contribution in [0, 0.1) is 13.8 Å². The highest BCUT2D eigenvalue weighted by atomic mass is 35.5. The fourth-order valence-electron chi connectivity index (χ4n) is 3.37. The lowest BCUT2D eigenvalue weighted by Gasteiger charge is -2.14. The monoisotopic (exact) mass is 430 g/mol. The zero-order valence-electron chi connectivity index (χ0n) is 16.7. The Kier molecular flexibility index (Phi) is 5.30. The molecule has 0 radical (unpaired) electrons. The fraction of sp³-hybridized carbons (Fsp3) is 0.273. The molecule has 1 aliphatic rings. The summed E-state index contributed by atoms with van der Waals surface area (Å²) in [5, 5.41) is 1.24. The molecule has 0 N–H and O–H groups in total. The molecule has 0 amide bonds. The van der Waals surface area contributed by atoms with Gasteiger partial charge in [-0.3, -0.25) is 4.79 Å². The number of hydrogen-bond acceptors (Lipinski definition) is 7. The lowest BCUT2D eigenvalue weighted by molar-refractivity contribution is -0.139. The van der Waals surface area contributed by atoms with E-state index in [4.69, 9.17) is 30.2 Å². The molecule has 0 fully saturated rings. The number of carbonyl (C=O) groups is 1. The number of aryl methyl sites for hydroxylation is 2. The van der Waals surface area contributed by atoms with E-state index in [0.29, 0.717) is 39.0 Å². The first-order chi connectivity index (χ1) is 14.4. The van der Waals surface area contributed by atoms with Crippen LogP contribution in [0.5, 0.6) is 17.2 Å². The van der Waals surface area contributed by atoms with Gasteiger partial charge in [0.05, 0.1) is 24.1 Å². The lowest BCUT2D eigenvalue weighted by atomic mass is 10.0. The maximum atomic E-state index is 12.4. The summed E-state index contributed by atoms with van der Waals surface area (Å²) in [5.41, 5.74) is 2.24. The van der Waals surface area contributed by atoms with Gasteiger partial charge in [-0.1, -0.05) is 11.6 Å². The van der Waals surface area contributed by atoms with Crippen molar-refractivity contribution in [2.24, 2.45) is 0 Å². The molecule has 3 aromatic rings. The van der Waals surface area contributed by atoms with Crippen LogP contribution < -0.4 is 19.8 Å². The van der Waals surface area contributed by atoms with Gasteiger partial charge in [0.15, 0.2) is 11.5 Å². The molecule has 0 spiro atoms. The number of benzene rings is 2. The van der Waals surface area contributed by atoms with Gasteiger partial charge in [0.2, 0.25) is 6.79 Å². The third kappa shape index (κ3) is 3.57. The number of esters is 1. The average molecular weight is 431 g/mol. The Hall–Kier alpha value is -3.19. The molecule has 0 unspecified atom stereocenters. The number of carbonyl (C=O) groups excluding carboxylic acids is 1. The second kappa shape index (κ2) is 7.91. The molecule has 156 valence electrons. The van der Waals surface area contributed by atoms with E-state index in [-0.39, 0.29) is 25.4 Å². The predicted octanol–water partition coefficient (Wildman–Crippen LogP) is 4.09. The number of methoxy groups -OCH3 is 1. The van der Waals surface area contributed by atoms with E-state index in [0.717, 1.165) is 10.9 Å². The zero-order valence-corrected chi connectivity index (χ0v) is 17.4. The minimum Gasteiger partial charge on any atom is -0.488 e. The van der Waals surface area contributed by atoms with Crippen LogP contribution in [0.2, 0.25) is 5.02 Å². The van der Waals surface area contributed by atoms with Crippen molar-refractivity contribution in [3.63, 3.8) is 0 Å². The van der Waals surface area contributed by atoms with E-state index in [1.165, 1.54) is 7.11 Å². The highest BCUT2D eigenvalue weighted by Gasteiger charge is 2.19. The normalized spacial score (nSPS) is 12.3. The van der Waals surface area contributed by atoms with Crippen molar-refractivity contribution < 1.29 is 28.2 Å². The second-order valence-corrected chi connectivity index (χ2v) is 7.30. The summed E-state index contributed by atoms with van der Waals surface area (Å²) >= 11 is 6.31. The summed E-state index contributed by atoms with van der Waals surface area (Å²) < 4.78 is 26.8. The Balaban J connectivity index is 1.65. The number of rotatable bonds is 5. The van der Waals surface area contributed by atoms with Crippen molar-refractivity contribution in [2.45, 2.75) is 26.9 Å². The van der Waals surface area contributed by atoms with Gasteiger partial charge in [-0.2, -0.15) is 0 Å². The van der Waals surface area contributed by atoms with Crippen molar-refractivity contribution in [3.05, 3.63) is 62.0 Å². The Morgan fingerprint density at radius 2 is 1.87 bits per heavy atom. The van der Waals surface area contributed by atoms with Gasteiger partial charge >= 0.3 is 11.6 Å². The SMILES string of the molecule is COC(=O)Cc1c(C)c2ccc(OCc3cc4c(cc3Cl)OCO4)c(C)c2oc1=O. The van der Waals surface area contributed by atoms with Crippen molar-refractivity contribution >= 4 is 28.5 Å². The fourth-order valence-corrected chi connectivity index (χ4v) is 3.58. The van der Waals surface area contributed by atoms with Crippen LogP contribution in [-0.2, 0) is 22.6 Å². The maximum Gasteiger partial charge on any atom is 0.340 e. The molecule has 7 nitrogen and oxygen atoms in total. The van der Waals surface area contributed by atoms with Crippen molar-refractivity contribution in [1.82, 2.24) is 0 Å². The van der Waals surface area contributed by atoms with Crippen LogP contribution in [0.3, 0.4) is 0 Å². The quantitative estimate of drug-likeness (QED) is 0.445. The van der Waals surface area contributed by atoms with Crippen LogP contribution in [-0.4, -0.2) is 19.9 Å². The molecular weight excluding hydrogens is 412 g/mol. The molecule has 8 heteroatoms. The molecule has 1 aliphatic heterocycles. The Morgan fingerprint density at radius 1 is 1.13 bits per heavy atom. The smallest absolute Gasteiger partial charge is 0.340 e. The number of hydrogen-bond donors (Lipinski definition) is 0. The Bertz CT molecular complexity index is 1210. The van der Waals surface area contributed by atoms with Gasteiger partial charge in [0.1, 0.15) is 17.9 Å². The molecule has 4 rings (SSSR count). The van der Waals surface area contributed by atoms with E-state index >= 15 is 0 Å². The van der Waals surface area contributed by atoms with E-state index < -0.39 is 11.6 Å². The third-order valence-electron chi connectivity index (χ3n) is 5.13. The van der Waals surface area contributed by atoms with E-state index in [1.54, 1.807) is 38.1 Å². The second-order valence-electron chi connectivity index (χ2n) is 6.90. The van der Waals surface area contributed by atoms with Gasteiger partial charge in [0, 0.05) is 22.6 Å². The Labute approximate surface area is 177 Å². The molecule has 2 aromatic carbocycles. The molecule has 0 bridgehead atoms. The zero-order chi connectivity index (χ0) is 21.4. The molecule has 0 saturated carbocycles. The van der Waals surface area contributed by atoms with Gasteiger partial charge in [-0.15, -0.1) is 0 Å². The van der Waals surface area contributed by atoms with E-state index in [1.807, 2.05) is 0 Å². The van der Waals surface area contributed by atoms with Gasteiger partial charge < -0.3 is 23.4 Å². The summed E-state index contributed by atoms with van der Waals surface area (Å²) in [6.45, 7) is 3.95. The highest BCUT2D eigenvalue weighted by molar-refractivity contribution is 6.31. The van der Waals surface area contributed by atoms with Crippen LogP contribution in [0.25, 0.3) is 11.0 Å². The summed E-state index contributed by atoms with van der Waals surface area (Å²) in [7, 11) is 1.28. The lowest BCUT2D eigenvalue weighted by Crippen LogP contribution is -2.16. The topological polar surface area (TPSA) is 84.2 Å².